The number of alkyl halides is 3. The van der Waals surface area contributed by atoms with Gasteiger partial charge in [-0.05, 0) is 49.9 Å². The molecular formula is C16H19F3O3. The molecule has 3 nitrogen and oxygen atoms in total. The summed E-state index contributed by atoms with van der Waals surface area (Å²) in [6.07, 6.45) is -2.79. The van der Waals surface area contributed by atoms with Gasteiger partial charge in [-0.15, -0.1) is 6.58 Å². The molecule has 0 aromatic heterocycles. The van der Waals surface area contributed by atoms with E-state index in [1.807, 2.05) is 0 Å². The fraction of sp³-hybridized carbons (Fsp3) is 0.438. The van der Waals surface area contributed by atoms with Crippen molar-refractivity contribution in [3.8, 4) is 5.75 Å². The highest BCUT2D eigenvalue weighted by Crippen LogP contribution is 2.28. The summed E-state index contributed by atoms with van der Waals surface area (Å²) in [4.78, 5) is 11.7. The fourth-order valence-corrected chi connectivity index (χ4v) is 1.88. The zero-order valence-electron chi connectivity index (χ0n) is 12.1. The Balaban J connectivity index is 2.59. The Morgan fingerprint density at radius 1 is 1.23 bits per heavy atom. The SMILES string of the molecule is C=CCCCCC[C@@H](OC(=O)c1ccc(O)cc1)C(F)(F)F. The fourth-order valence-electron chi connectivity index (χ4n) is 1.88. The molecular weight excluding hydrogens is 297 g/mol. The summed E-state index contributed by atoms with van der Waals surface area (Å²) in [5, 5.41) is 9.10. The van der Waals surface area contributed by atoms with Gasteiger partial charge in [-0.1, -0.05) is 12.5 Å². The maximum Gasteiger partial charge on any atom is 0.425 e. The van der Waals surface area contributed by atoms with Crippen LogP contribution >= 0.6 is 0 Å². The first-order valence-electron chi connectivity index (χ1n) is 7.02. The van der Waals surface area contributed by atoms with Crippen molar-refractivity contribution in [2.45, 2.75) is 44.4 Å². The van der Waals surface area contributed by atoms with Crippen LogP contribution in [0.15, 0.2) is 36.9 Å². The van der Waals surface area contributed by atoms with Crippen molar-refractivity contribution in [1.29, 1.82) is 0 Å². The largest absolute Gasteiger partial charge is 0.508 e. The molecule has 1 atom stereocenters. The molecule has 1 aromatic carbocycles. The normalized spacial score (nSPS) is 12.7. The van der Waals surface area contributed by atoms with Crippen LogP contribution in [0.3, 0.4) is 0 Å². The summed E-state index contributed by atoms with van der Waals surface area (Å²) >= 11 is 0. The summed E-state index contributed by atoms with van der Waals surface area (Å²) in [5.74, 6) is -1.13. The topological polar surface area (TPSA) is 46.5 Å². The summed E-state index contributed by atoms with van der Waals surface area (Å²) in [5.41, 5.74) is -0.0290. The van der Waals surface area contributed by atoms with Gasteiger partial charge in [-0.2, -0.15) is 13.2 Å². The molecule has 122 valence electrons. The number of allylic oxidation sites excluding steroid dienone is 1. The highest BCUT2D eigenvalue weighted by atomic mass is 19.4. The van der Waals surface area contributed by atoms with Crippen molar-refractivity contribution in [2.75, 3.05) is 0 Å². The number of phenolic OH excluding ortho intramolecular Hbond substituents is 1. The summed E-state index contributed by atoms with van der Waals surface area (Å²) in [6, 6.07) is 4.87. The molecule has 0 heterocycles. The minimum Gasteiger partial charge on any atom is -0.508 e. The number of phenols is 1. The summed E-state index contributed by atoms with van der Waals surface area (Å²) < 4.78 is 43.3. The number of halogens is 3. The molecule has 22 heavy (non-hydrogen) atoms. The van der Waals surface area contributed by atoms with Crippen LogP contribution < -0.4 is 0 Å². The minimum absolute atomic E-state index is 0.0290. The van der Waals surface area contributed by atoms with E-state index in [0.29, 0.717) is 12.8 Å². The monoisotopic (exact) mass is 316 g/mol. The predicted molar refractivity (Wildman–Crippen MR) is 76.6 cm³/mol. The van der Waals surface area contributed by atoms with Crippen molar-refractivity contribution in [3.05, 3.63) is 42.5 Å². The van der Waals surface area contributed by atoms with E-state index in [9.17, 15) is 18.0 Å². The summed E-state index contributed by atoms with van der Waals surface area (Å²) in [7, 11) is 0. The van der Waals surface area contributed by atoms with E-state index in [4.69, 9.17) is 5.11 Å². The highest BCUT2D eigenvalue weighted by Gasteiger charge is 2.42. The van der Waals surface area contributed by atoms with E-state index in [2.05, 4.69) is 11.3 Å². The predicted octanol–water partition coefficient (Wildman–Crippen LogP) is 4.62. The quantitative estimate of drug-likeness (QED) is 0.432. The second-order valence-corrected chi connectivity index (χ2v) is 4.91. The van der Waals surface area contributed by atoms with E-state index in [1.165, 1.54) is 24.3 Å². The van der Waals surface area contributed by atoms with Gasteiger partial charge >= 0.3 is 12.1 Å². The van der Waals surface area contributed by atoms with Crippen molar-refractivity contribution in [3.63, 3.8) is 0 Å². The van der Waals surface area contributed by atoms with Gasteiger partial charge in [0.2, 0.25) is 0 Å². The van der Waals surface area contributed by atoms with E-state index in [0.717, 1.165) is 12.8 Å². The molecule has 0 radical (unpaired) electrons. The maximum absolute atomic E-state index is 12.9. The molecule has 0 bridgehead atoms. The number of rotatable bonds is 8. The van der Waals surface area contributed by atoms with Crippen molar-refractivity contribution < 1.29 is 27.8 Å². The Labute approximate surface area is 127 Å². The molecule has 0 aliphatic rings. The van der Waals surface area contributed by atoms with Crippen molar-refractivity contribution >= 4 is 5.97 Å². The molecule has 0 saturated heterocycles. The van der Waals surface area contributed by atoms with Gasteiger partial charge in [0.1, 0.15) is 5.75 Å². The number of carbonyl (C=O) groups is 1. The lowest BCUT2D eigenvalue weighted by atomic mass is 10.1. The third-order valence-electron chi connectivity index (χ3n) is 3.09. The van der Waals surface area contributed by atoms with Crippen LogP contribution in [-0.2, 0) is 4.74 Å². The number of hydrogen-bond acceptors (Lipinski definition) is 3. The van der Waals surface area contributed by atoms with Gasteiger partial charge in [0.05, 0.1) is 5.56 Å². The van der Waals surface area contributed by atoms with Gasteiger partial charge in [0, 0.05) is 0 Å². The molecule has 1 N–H and O–H groups in total. The smallest absolute Gasteiger partial charge is 0.425 e. The highest BCUT2D eigenvalue weighted by molar-refractivity contribution is 5.89. The number of esters is 1. The first-order chi connectivity index (χ1) is 10.3. The Kier molecular flexibility index (Phi) is 6.95. The molecule has 0 aliphatic carbocycles. The molecule has 1 aromatic rings. The lowest BCUT2D eigenvalue weighted by molar-refractivity contribution is -0.206. The molecule has 0 unspecified atom stereocenters. The first-order valence-corrected chi connectivity index (χ1v) is 7.02. The van der Waals surface area contributed by atoms with Gasteiger partial charge in [0.15, 0.2) is 6.10 Å². The van der Waals surface area contributed by atoms with E-state index < -0.39 is 18.2 Å². The second kappa shape index (κ2) is 8.46. The average molecular weight is 316 g/mol. The van der Waals surface area contributed by atoms with Crippen molar-refractivity contribution in [2.24, 2.45) is 0 Å². The Bertz CT molecular complexity index is 480. The van der Waals surface area contributed by atoms with Crippen LogP contribution in [0.4, 0.5) is 13.2 Å². The van der Waals surface area contributed by atoms with Crippen LogP contribution in [0, 0.1) is 0 Å². The third kappa shape index (κ3) is 6.20. The molecule has 1 rings (SSSR count). The molecule has 0 aliphatic heterocycles. The zero-order chi connectivity index (χ0) is 16.6. The third-order valence-corrected chi connectivity index (χ3v) is 3.09. The standard InChI is InChI=1S/C16H19F3O3/c1-2-3-4-5-6-7-14(16(17,18)19)22-15(21)12-8-10-13(20)11-9-12/h2,8-11,14,20H,1,3-7H2/t14-/m1/s1. The van der Waals surface area contributed by atoms with Crippen LogP contribution in [-0.4, -0.2) is 23.4 Å². The van der Waals surface area contributed by atoms with Gasteiger partial charge in [-0.25, -0.2) is 4.79 Å². The Hall–Kier alpha value is -1.98. The number of aromatic hydroxyl groups is 1. The van der Waals surface area contributed by atoms with Gasteiger partial charge < -0.3 is 9.84 Å². The van der Waals surface area contributed by atoms with Crippen LogP contribution in [0.5, 0.6) is 5.75 Å². The van der Waals surface area contributed by atoms with E-state index in [1.54, 1.807) is 6.08 Å². The van der Waals surface area contributed by atoms with Crippen molar-refractivity contribution in [1.82, 2.24) is 0 Å². The minimum atomic E-state index is -4.59. The van der Waals surface area contributed by atoms with E-state index >= 15 is 0 Å². The Morgan fingerprint density at radius 3 is 2.41 bits per heavy atom. The van der Waals surface area contributed by atoms with Crippen LogP contribution in [0.1, 0.15) is 42.5 Å². The first kappa shape index (κ1) is 18.1. The molecule has 0 spiro atoms. The second-order valence-electron chi connectivity index (χ2n) is 4.91. The molecule has 6 heteroatoms. The molecule has 0 fully saturated rings. The zero-order valence-corrected chi connectivity index (χ0v) is 12.1. The number of hydrogen-bond donors (Lipinski definition) is 1. The number of carbonyl (C=O) groups excluding carboxylic acids is 1. The van der Waals surface area contributed by atoms with E-state index in [-0.39, 0.29) is 17.7 Å². The Morgan fingerprint density at radius 2 is 1.86 bits per heavy atom. The summed E-state index contributed by atoms with van der Waals surface area (Å²) in [6.45, 7) is 3.54. The molecule has 0 saturated carbocycles. The number of ether oxygens (including phenoxy) is 1. The van der Waals surface area contributed by atoms with Crippen LogP contribution in [0.2, 0.25) is 0 Å². The van der Waals surface area contributed by atoms with Gasteiger partial charge in [-0.3, -0.25) is 0 Å². The molecule has 0 amide bonds. The number of unbranched alkanes of at least 4 members (excludes halogenated alkanes) is 3. The van der Waals surface area contributed by atoms with Crippen LogP contribution in [0.25, 0.3) is 0 Å². The number of benzene rings is 1. The maximum atomic E-state index is 12.9. The average Bonchev–Trinajstić information content (AvgIpc) is 2.45. The van der Waals surface area contributed by atoms with Gasteiger partial charge in [0.25, 0.3) is 0 Å². The lowest BCUT2D eigenvalue weighted by Gasteiger charge is -2.20. The lowest BCUT2D eigenvalue weighted by Crippen LogP contribution is -2.33.